The summed E-state index contributed by atoms with van der Waals surface area (Å²) in [6.07, 6.45) is -5.06. The number of carboxylic acid groups (broad SMARTS) is 1. The second-order valence-corrected chi connectivity index (χ2v) is 7.41. The van der Waals surface area contributed by atoms with Crippen LogP contribution in [0.15, 0.2) is 53.4 Å². The van der Waals surface area contributed by atoms with Crippen LogP contribution in [0.25, 0.3) is 22.6 Å². The Bertz CT molecular complexity index is 1320. The molecule has 34 heavy (non-hydrogen) atoms. The number of carbonyl (C=O) groups excluding carboxylic acids is 2. The second kappa shape index (κ2) is 10.1. The average Bonchev–Trinajstić information content (AvgIpc) is 3.43. The number of non-ortho nitro benzene ring substituents is 1. The summed E-state index contributed by atoms with van der Waals surface area (Å²) in [5.74, 6) is -2.40. The topological polar surface area (TPSA) is 155 Å². The number of thiazole rings is 1. The largest absolute Gasteiger partial charge is 0.542 e. The van der Waals surface area contributed by atoms with Crippen LogP contribution in [-0.2, 0) is 16.0 Å². The van der Waals surface area contributed by atoms with Crippen molar-refractivity contribution < 1.29 is 37.8 Å². The maximum absolute atomic E-state index is 12.3. The Kier molecular flexibility index (Phi) is 7.21. The number of nitrogens with one attached hydrogen (secondary N) is 3. The van der Waals surface area contributed by atoms with E-state index >= 15 is 0 Å². The molecule has 2 aromatic carbocycles. The molecule has 0 radical (unpaired) electrons. The van der Waals surface area contributed by atoms with Gasteiger partial charge in [0.25, 0.3) is 5.69 Å². The number of benzene rings is 2. The molecule has 0 aliphatic rings. The molecular weight excluding hydrogens is 479 g/mol. The van der Waals surface area contributed by atoms with Crippen molar-refractivity contribution in [1.82, 2.24) is 9.97 Å². The molecule has 4 aromatic rings. The molecule has 0 aliphatic heterocycles. The Morgan fingerprint density at radius 1 is 1.18 bits per heavy atom. The van der Waals surface area contributed by atoms with Gasteiger partial charge in [0, 0.05) is 29.3 Å². The van der Waals surface area contributed by atoms with Gasteiger partial charge >= 0.3 is 12.0 Å². The predicted octanol–water partition coefficient (Wildman–Crippen LogP) is 2.49. The molecule has 10 nitrogen and oxygen atoms in total. The zero-order valence-corrected chi connectivity index (χ0v) is 17.7. The number of nitro groups is 1. The van der Waals surface area contributed by atoms with E-state index in [0.29, 0.717) is 11.3 Å². The lowest BCUT2D eigenvalue weighted by Crippen LogP contribution is -2.37. The van der Waals surface area contributed by atoms with E-state index in [1.807, 2.05) is 23.6 Å². The molecular formula is C20H14F3N5O5S. The van der Waals surface area contributed by atoms with Crippen LogP contribution in [0.3, 0.4) is 0 Å². The first kappa shape index (κ1) is 24.3. The Hall–Kier alpha value is -4.33. The summed E-state index contributed by atoms with van der Waals surface area (Å²) in [6, 6.07) is 11.5. The molecule has 1 amide bonds. The van der Waals surface area contributed by atoms with Gasteiger partial charge in [0.05, 0.1) is 16.9 Å². The highest BCUT2D eigenvalue weighted by Crippen LogP contribution is 2.20. The molecule has 3 N–H and O–H groups in total. The van der Waals surface area contributed by atoms with Crippen molar-refractivity contribution in [2.24, 2.45) is 0 Å². The number of H-pyrrole nitrogens is 2. The minimum Gasteiger partial charge on any atom is -0.542 e. The molecule has 0 fully saturated rings. The van der Waals surface area contributed by atoms with Crippen molar-refractivity contribution in [1.29, 1.82) is 0 Å². The quantitative estimate of drug-likeness (QED) is 0.321. The number of alkyl halides is 3. The zero-order valence-electron chi connectivity index (χ0n) is 16.9. The van der Waals surface area contributed by atoms with Crippen LogP contribution >= 0.6 is 11.3 Å². The number of anilines is 1. The molecule has 0 unspecified atom stereocenters. The fourth-order valence-corrected chi connectivity index (χ4v) is 3.27. The van der Waals surface area contributed by atoms with Gasteiger partial charge < -0.3 is 15.2 Å². The first-order chi connectivity index (χ1) is 16.0. The van der Waals surface area contributed by atoms with E-state index < -0.39 is 17.1 Å². The van der Waals surface area contributed by atoms with Crippen LogP contribution in [0.4, 0.5) is 24.5 Å². The first-order valence-corrected chi connectivity index (χ1v) is 10.2. The molecule has 2 aromatic heterocycles. The van der Waals surface area contributed by atoms with Crippen LogP contribution < -0.4 is 15.4 Å². The highest BCUT2D eigenvalue weighted by molar-refractivity contribution is 7.07. The monoisotopic (exact) mass is 493 g/mol. The van der Waals surface area contributed by atoms with Gasteiger partial charge in [0.2, 0.25) is 5.91 Å². The summed E-state index contributed by atoms with van der Waals surface area (Å²) >= 11 is 1.51. The summed E-state index contributed by atoms with van der Waals surface area (Å²) in [6.45, 7) is 0. The number of rotatable bonds is 5. The molecule has 176 valence electrons. The van der Waals surface area contributed by atoms with Crippen LogP contribution in [-0.4, -0.2) is 32.9 Å². The molecule has 4 rings (SSSR count). The van der Waals surface area contributed by atoms with Crippen molar-refractivity contribution in [3.05, 3.63) is 69.0 Å². The SMILES string of the molecule is O=C(Cc1ccc([N+](=O)[O-])cc1)Nc1ccc2[nH+]c(-c3cscn3)[nH]c2c1.O=C([O-])C(F)(F)F. The van der Waals surface area contributed by atoms with E-state index in [2.05, 4.69) is 20.3 Å². The molecule has 0 aliphatic carbocycles. The first-order valence-electron chi connectivity index (χ1n) is 9.28. The average molecular weight is 493 g/mol. The van der Waals surface area contributed by atoms with Gasteiger partial charge in [-0.15, -0.1) is 11.3 Å². The Morgan fingerprint density at radius 2 is 1.85 bits per heavy atom. The van der Waals surface area contributed by atoms with Crippen LogP contribution in [0.5, 0.6) is 0 Å². The van der Waals surface area contributed by atoms with Crippen molar-refractivity contribution in [2.75, 3.05) is 5.32 Å². The van der Waals surface area contributed by atoms with Gasteiger partial charge in [-0.2, -0.15) is 13.2 Å². The van der Waals surface area contributed by atoms with Crippen molar-refractivity contribution in [3.8, 4) is 11.5 Å². The lowest BCUT2D eigenvalue weighted by molar-refractivity contribution is -0.384. The van der Waals surface area contributed by atoms with Gasteiger partial charge in [-0.1, -0.05) is 12.1 Å². The van der Waals surface area contributed by atoms with E-state index in [1.165, 1.54) is 23.5 Å². The van der Waals surface area contributed by atoms with Crippen molar-refractivity contribution >= 4 is 45.6 Å². The van der Waals surface area contributed by atoms with Crippen LogP contribution in [0.1, 0.15) is 5.56 Å². The standard InChI is InChI=1S/C18H13N5O3S.C2HF3O2/c24-17(7-11-1-4-13(5-2-11)23(25)26)20-12-3-6-14-15(8-12)22-18(21-14)16-9-27-10-19-16;3-2(4,5)1(6)7/h1-6,8-10H,7H2,(H,20,24)(H,21,22);(H,6,7). The van der Waals surface area contributed by atoms with Gasteiger partial charge in [-0.3, -0.25) is 14.9 Å². The summed E-state index contributed by atoms with van der Waals surface area (Å²) in [5, 5.41) is 24.2. The number of carboxylic acids is 1. The maximum Gasteiger partial charge on any atom is 0.430 e. The van der Waals surface area contributed by atoms with Crippen molar-refractivity contribution in [2.45, 2.75) is 12.6 Å². The number of aliphatic carboxylic acids is 1. The van der Waals surface area contributed by atoms with Gasteiger partial charge in [0.1, 0.15) is 5.97 Å². The summed E-state index contributed by atoms with van der Waals surface area (Å²) in [4.78, 5) is 42.0. The number of carbonyl (C=O) groups is 2. The third-order valence-electron chi connectivity index (χ3n) is 4.25. The molecule has 0 atom stereocenters. The van der Waals surface area contributed by atoms with Gasteiger partial charge in [-0.25, -0.2) is 15.0 Å². The number of hydrogen-bond acceptors (Lipinski definition) is 7. The normalized spacial score (nSPS) is 10.9. The third-order valence-corrected chi connectivity index (χ3v) is 4.84. The van der Waals surface area contributed by atoms with Crippen LogP contribution in [0.2, 0.25) is 0 Å². The molecule has 0 bridgehead atoms. The smallest absolute Gasteiger partial charge is 0.430 e. The zero-order chi connectivity index (χ0) is 24.9. The molecule has 2 heterocycles. The van der Waals surface area contributed by atoms with Gasteiger partial charge in [-0.05, 0) is 17.7 Å². The van der Waals surface area contributed by atoms with Gasteiger partial charge in [0.15, 0.2) is 16.7 Å². The minimum absolute atomic E-state index is 0.00326. The second-order valence-electron chi connectivity index (χ2n) is 6.69. The number of nitrogens with zero attached hydrogens (tertiary/aromatic N) is 2. The van der Waals surface area contributed by atoms with Crippen molar-refractivity contribution in [3.63, 3.8) is 0 Å². The lowest BCUT2D eigenvalue weighted by Gasteiger charge is -2.04. The summed E-state index contributed by atoms with van der Waals surface area (Å²) in [7, 11) is 0. The number of fused-ring (bicyclic) bond motifs is 1. The van der Waals surface area contributed by atoms with E-state index in [4.69, 9.17) is 9.90 Å². The Morgan fingerprint density at radius 3 is 2.41 bits per heavy atom. The number of hydrogen-bond donors (Lipinski definition) is 2. The number of amides is 1. The van der Waals surface area contributed by atoms with E-state index in [0.717, 1.165) is 22.6 Å². The Balaban J connectivity index is 0.000000406. The summed E-state index contributed by atoms with van der Waals surface area (Å²) in [5.41, 5.74) is 5.73. The predicted molar refractivity (Wildman–Crippen MR) is 112 cm³/mol. The molecule has 14 heteroatoms. The number of halogens is 3. The number of aromatic amines is 2. The fourth-order valence-electron chi connectivity index (χ4n) is 2.73. The molecule has 0 saturated carbocycles. The summed E-state index contributed by atoms with van der Waals surface area (Å²) < 4.78 is 31.5. The number of imidazole rings is 1. The Labute approximate surface area is 192 Å². The van der Waals surface area contributed by atoms with Crippen LogP contribution in [0, 0.1) is 10.1 Å². The highest BCUT2D eigenvalue weighted by Gasteiger charge is 2.28. The molecule has 0 saturated heterocycles. The third kappa shape index (κ3) is 6.35. The van der Waals surface area contributed by atoms with E-state index in [1.54, 1.807) is 17.6 Å². The number of nitro benzene ring substituents is 1. The minimum atomic E-state index is -5.19. The van der Waals surface area contributed by atoms with E-state index in [9.17, 15) is 28.1 Å². The molecule has 0 spiro atoms. The lowest BCUT2D eigenvalue weighted by atomic mass is 10.1. The highest BCUT2D eigenvalue weighted by atomic mass is 32.1. The maximum atomic E-state index is 12.3. The fraction of sp³-hybridized carbons (Fsp3) is 0.100. The van der Waals surface area contributed by atoms with E-state index in [-0.39, 0.29) is 18.0 Å². The number of aromatic nitrogens is 3.